The molecule has 1 aromatic rings. The summed E-state index contributed by atoms with van der Waals surface area (Å²) in [6.07, 6.45) is 2.08. The monoisotopic (exact) mass is 385 g/mol. The van der Waals surface area contributed by atoms with Gasteiger partial charge in [-0.05, 0) is 42.0 Å². The third-order valence-corrected chi connectivity index (χ3v) is 6.18. The molecule has 3 aliphatic rings. The smallest absolute Gasteiger partial charge is 0.253 e. The summed E-state index contributed by atoms with van der Waals surface area (Å²) >= 11 is 0. The van der Waals surface area contributed by atoms with Crippen molar-refractivity contribution in [2.24, 2.45) is 11.8 Å². The van der Waals surface area contributed by atoms with Gasteiger partial charge in [0, 0.05) is 51.3 Å². The lowest BCUT2D eigenvalue weighted by molar-refractivity contribution is -0.135. The summed E-state index contributed by atoms with van der Waals surface area (Å²) in [5.74, 6) is 2.39. The third-order valence-electron chi connectivity index (χ3n) is 6.18. The first-order valence-electron chi connectivity index (χ1n) is 10.5. The molecular formula is C22H31N3O3. The van der Waals surface area contributed by atoms with E-state index in [4.69, 9.17) is 4.74 Å². The van der Waals surface area contributed by atoms with Crippen molar-refractivity contribution < 1.29 is 14.3 Å². The normalized spacial score (nSPS) is 25.4. The fourth-order valence-corrected chi connectivity index (χ4v) is 4.77. The van der Waals surface area contributed by atoms with E-state index in [-0.39, 0.29) is 11.8 Å². The van der Waals surface area contributed by atoms with Crippen molar-refractivity contribution in [3.8, 4) is 5.75 Å². The molecular weight excluding hydrogens is 354 g/mol. The zero-order valence-electron chi connectivity index (χ0n) is 17.0. The van der Waals surface area contributed by atoms with Gasteiger partial charge in [0.2, 0.25) is 5.91 Å². The van der Waals surface area contributed by atoms with Gasteiger partial charge in [-0.1, -0.05) is 13.8 Å². The van der Waals surface area contributed by atoms with Crippen LogP contribution in [0.4, 0.5) is 0 Å². The molecule has 3 heterocycles. The lowest BCUT2D eigenvalue weighted by Gasteiger charge is -2.38. The van der Waals surface area contributed by atoms with Crippen LogP contribution in [-0.2, 0) is 11.2 Å². The molecule has 0 bridgehead atoms. The van der Waals surface area contributed by atoms with Gasteiger partial charge in [0.1, 0.15) is 5.75 Å². The number of piperazine rings is 1. The Morgan fingerprint density at radius 2 is 1.75 bits per heavy atom. The van der Waals surface area contributed by atoms with E-state index in [1.165, 1.54) is 6.42 Å². The standard InChI is InChI=1S/C22H31N3O3/c1-16-11-17(2)14-25(13-16)21(26)15-23-6-8-24(9-7-23)22(27)19-3-4-20-18(12-19)5-10-28-20/h3-4,12,16-17H,5-11,13-15H2,1-2H3/t16-,17+. The van der Waals surface area contributed by atoms with E-state index < -0.39 is 0 Å². The highest BCUT2D eigenvalue weighted by atomic mass is 16.5. The lowest BCUT2D eigenvalue weighted by Crippen LogP contribution is -2.53. The minimum absolute atomic E-state index is 0.0827. The highest BCUT2D eigenvalue weighted by molar-refractivity contribution is 5.94. The summed E-state index contributed by atoms with van der Waals surface area (Å²) in [6.45, 7) is 10.2. The van der Waals surface area contributed by atoms with Crippen molar-refractivity contribution in [1.29, 1.82) is 0 Å². The molecule has 0 saturated carbocycles. The second-order valence-corrected chi connectivity index (χ2v) is 8.73. The van der Waals surface area contributed by atoms with Gasteiger partial charge in [-0.2, -0.15) is 0 Å². The molecule has 0 spiro atoms. The van der Waals surface area contributed by atoms with Gasteiger partial charge < -0.3 is 14.5 Å². The number of amides is 2. The van der Waals surface area contributed by atoms with Gasteiger partial charge in [0.05, 0.1) is 13.2 Å². The lowest BCUT2D eigenvalue weighted by atomic mass is 9.92. The number of likely N-dealkylation sites (tertiary alicyclic amines) is 1. The first kappa shape index (κ1) is 19.2. The topological polar surface area (TPSA) is 53.1 Å². The molecule has 6 heteroatoms. The minimum atomic E-state index is 0.0827. The second-order valence-electron chi connectivity index (χ2n) is 8.73. The Hall–Kier alpha value is -2.08. The largest absolute Gasteiger partial charge is 0.493 e. The molecule has 1 aromatic carbocycles. The Bertz CT molecular complexity index is 733. The van der Waals surface area contributed by atoms with E-state index in [1.807, 2.05) is 28.0 Å². The van der Waals surface area contributed by atoms with E-state index in [0.29, 0.717) is 38.1 Å². The summed E-state index contributed by atoms with van der Waals surface area (Å²) in [7, 11) is 0. The Labute approximate surface area is 167 Å². The van der Waals surface area contributed by atoms with Gasteiger partial charge >= 0.3 is 0 Å². The number of hydrogen-bond donors (Lipinski definition) is 0. The molecule has 0 aliphatic carbocycles. The van der Waals surface area contributed by atoms with Crippen molar-refractivity contribution in [3.05, 3.63) is 29.3 Å². The van der Waals surface area contributed by atoms with Crippen LogP contribution in [0.1, 0.15) is 36.2 Å². The highest BCUT2D eigenvalue weighted by Gasteiger charge is 2.28. The van der Waals surface area contributed by atoms with Crippen LogP contribution in [0.15, 0.2) is 18.2 Å². The fourth-order valence-electron chi connectivity index (χ4n) is 4.77. The molecule has 0 unspecified atom stereocenters. The highest BCUT2D eigenvalue weighted by Crippen LogP contribution is 2.26. The Balaban J connectivity index is 1.28. The van der Waals surface area contributed by atoms with Gasteiger partial charge in [-0.3, -0.25) is 14.5 Å². The van der Waals surface area contributed by atoms with Gasteiger partial charge in [-0.15, -0.1) is 0 Å². The van der Waals surface area contributed by atoms with Crippen molar-refractivity contribution in [3.63, 3.8) is 0 Å². The number of piperidine rings is 1. The van der Waals surface area contributed by atoms with Gasteiger partial charge in [0.25, 0.3) is 5.91 Å². The van der Waals surface area contributed by atoms with E-state index in [9.17, 15) is 9.59 Å². The van der Waals surface area contributed by atoms with E-state index >= 15 is 0 Å². The number of carbonyl (C=O) groups excluding carboxylic acids is 2. The predicted molar refractivity (Wildman–Crippen MR) is 108 cm³/mol. The average Bonchev–Trinajstić information content (AvgIpc) is 3.15. The van der Waals surface area contributed by atoms with Crippen LogP contribution >= 0.6 is 0 Å². The maximum atomic E-state index is 12.8. The SMILES string of the molecule is C[C@@H]1C[C@H](C)CN(C(=O)CN2CCN(C(=O)c3ccc4c(c3)CCO4)CC2)C1. The van der Waals surface area contributed by atoms with Crippen molar-refractivity contribution >= 4 is 11.8 Å². The summed E-state index contributed by atoms with van der Waals surface area (Å²) in [4.78, 5) is 31.7. The molecule has 152 valence electrons. The fraction of sp³-hybridized carbons (Fsp3) is 0.636. The van der Waals surface area contributed by atoms with Crippen molar-refractivity contribution in [1.82, 2.24) is 14.7 Å². The van der Waals surface area contributed by atoms with Crippen LogP contribution in [-0.4, -0.2) is 78.9 Å². The molecule has 0 aromatic heterocycles. The number of nitrogens with zero attached hydrogens (tertiary/aromatic N) is 3. The number of carbonyl (C=O) groups is 2. The number of hydrogen-bond acceptors (Lipinski definition) is 4. The summed E-state index contributed by atoms with van der Waals surface area (Å²) in [5, 5.41) is 0. The minimum Gasteiger partial charge on any atom is -0.493 e. The maximum absolute atomic E-state index is 12.8. The first-order valence-corrected chi connectivity index (χ1v) is 10.5. The van der Waals surface area contributed by atoms with Crippen LogP contribution in [0.25, 0.3) is 0 Å². The molecule has 4 rings (SSSR count). The molecule has 2 fully saturated rings. The van der Waals surface area contributed by atoms with Crippen molar-refractivity contribution in [2.75, 3.05) is 52.4 Å². The van der Waals surface area contributed by atoms with Crippen LogP contribution in [0.3, 0.4) is 0 Å². The van der Waals surface area contributed by atoms with Crippen LogP contribution in [0, 0.1) is 11.8 Å². The zero-order valence-corrected chi connectivity index (χ0v) is 17.0. The van der Waals surface area contributed by atoms with Crippen LogP contribution in [0.2, 0.25) is 0 Å². The average molecular weight is 386 g/mol. The van der Waals surface area contributed by atoms with Crippen LogP contribution < -0.4 is 4.74 Å². The molecule has 2 amide bonds. The summed E-state index contributed by atoms with van der Waals surface area (Å²) in [6, 6.07) is 5.74. The third kappa shape index (κ3) is 4.17. The van der Waals surface area contributed by atoms with Gasteiger partial charge in [-0.25, -0.2) is 0 Å². The quantitative estimate of drug-likeness (QED) is 0.797. The number of benzene rings is 1. The predicted octanol–water partition coefficient (Wildman–Crippen LogP) is 1.88. The molecule has 0 N–H and O–H groups in total. The maximum Gasteiger partial charge on any atom is 0.253 e. The summed E-state index contributed by atoms with van der Waals surface area (Å²) in [5.41, 5.74) is 1.87. The number of fused-ring (bicyclic) bond motifs is 1. The van der Waals surface area contributed by atoms with Gasteiger partial charge in [0.15, 0.2) is 0 Å². The first-order chi connectivity index (χ1) is 13.5. The molecule has 6 nitrogen and oxygen atoms in total. The number of ether oxygens (including phenoxy) is 1. The Morgan fingerprint density at radius 3 is 2.46 bits per heavy atom. The summed E-state index contributed by atoms with van der Waals surface area (Å²) < 4.78 is 5.53. The van der Waals surface area contributed by atoms with E-state index in [2.05, 4.69) is 18.7 Å². The second kappa shape index (κ2) is 8.11. The molecule has 3 aliphatic heterocycles. The Kier molecular flexibility index (Phi) is 5.58. The van der Waals surface area contributed by atoms with Crippen molar-refractivity contribution in [2.45, 2.75) is 26.7 Å². The van der Waals surface area contributed by atoms with Crippen LogP contribution in [0.5, 0.6) is 5.75 Å². The molecule has 2 saturated heterocycles. The molecule has 28 heavy (non-hydrogen) atoms. The molecule has 0 radical (unpaired) electrons. The Morgan fingerprint density at radius 1 is 1.04 bits per heavy atom. The number of rotatable bonds is 3. The van der Waals surface area contributed by atoms with E-state index in [0.717, 1.165) is 49.5 Å². The zero-order chi connectivity index (χ0) is 19.7. The van der Waals surface area contributed by atoms with E-state index in [1.54, 1.807) is 0 Å². The molecule has 2 atom stereocenters.